The van der Waals surface area contributed by atoms with Crippen molar-refractivity contribution in [3.8, 4) is 0 Å². The number of rotatable bonds is 4. The highest BCUT2D eigenvalue weighted by Crippen LogP contribution is 2.22. The molecule has 3 rings (SSSR count). The summed E-state index contributed by atoms with van der Waals surface area (Å²) in [4.78, 5) is 38.0. The van der Waals surface area contributed by atoms with Gasteiger partial charge in [0.2, 0.25) is 0 Å². The number of amides is 1. The van der Waals surface area contributed by atoms with Gasteiger partial charge in [0.25, 0.3) is 5.91 Å². The van der Waals surface area contributed by atoms with E-state index in [1.165, 1.54) is 29.2 Å². The van der Waals surface area contributed by atoms with Gasteiger partial charge >= 0.3 is 5.97 Å². The number of aliphatic carboxylic acids is 1. The number of likely N-dealkylation sites (tertiary alicyclic amines) is 1. The number of carbonyl (C=O) groups excluding carboxylic acids is 2. The van der Waals surface area contributed by atoms with Gasteiger partial charge < -0.3 is 10.0 Å². The smallest absolute Gasteiger partial charge is 0.308 e. The molecule has 1 aliphatic rings. The third-order valence-electron chi connectivity index (χ3n) is 4.33. The largest absolute Gasteiger partial charge is 0.481 e. The molecule has 1 amide bonds. The maximum atomic E-state index is 13.0. The van der Waals surface area contributed by atoms with Crippen molar-refractivity contribution in [3.63, 3.8) is 0 Å². The van der Waals surface area contributed by atoms with E-state index < -0.39 is 17.7 Å². The summed E-state index contributed by atoms with van der Waals surface area (Å²) in [7, 11) is 0. The van der Waals surface area contributed by atoms with Crippen molar-refractivity contribution < 1.29 is 23.9 Å². The number of carbonyl (C=O) groups is 3. The molecule has 2 aromatic rings. The van der Waals surface area contributed by atoms with Crippen LogP contribution in [0, 0.1) is 11.7 Å². The normalized spacial score (nSPS) is 16.7. The van der Waals surface area contributed by atoms with Crippen LogP contribution in [0.3, 0.4) is 0 Å². The van der Waals surface area contributed by atoms with Crippen LogP contribution in [0.5, 0.6) is 0 Å². The summed E-state index contributed by atoms with van der Waals surface area (Å²) >= 11 is 0. The highest BCUT2D eigenvalue weighted by Gasteiger charge is 2.32. The minimum absolute atomic E-state index is 0.132. The lowest BCUT2D eigenvalue weighted by molar-refractivity contribution is -0.141. The first-order valence-electron chi connectivity index (χ1n) is 7.88. The predicted octanol–water partition coefficient (Wildman–Crippen LogP) is 2.60. The summed E-state index contributed by atoms with van der Waals surface area (Å²) in [5, 5.41) is 9.07. The summed E-state index contributed by atoms with van der Waals surface area (Å²) in [6, 6.07) is 11.5. The van der Waals surface area contributed by atoms with Crippen LogP contribution in [0.15, 0.2) is 48.5 Å². The topological polar surface area (TPSA) is 74.7 Å². The molecule has 0 bridgehead atoms. The number of hydrogen-bond acceptors (Lipinski definition) is 3. The highest BCUT2D eigenvalue weighted by molar-refractivity contribution is 6.15. The molecule has 5 nitrogen and oxygen atoms in total. The van der Waals surface area contributed by atoms with E-state index in [4.69, 9.17) is 5.11 Å². The first-order chi connectivity index (χ1) is 12.0. The fourth-order valence-corrected chi connectivity index (χ4v) is 2.94. The maximum Gasteiger partial charge on any atom is 0.308 e. The lowest BCUT2D eigenvalue weighted by Crippen LogP contribution is -2.31. The molecule has 0 aliphatic carbocycles. The zero-order valence-corrected chi connectivity index (χ0v) is 13.3. The fourth-order valence-electron chi connectivity index (χ4n) is 2.94. The van der Waals surface area contributed by atoms with Crippen LogP contribution in [0.4, 0.5) is 4.39 Å². The van der Waals surface area contributed by atoms with Crippen LogP contribution in [0.2, 0.25) is 0 Å². The first-order valence-corrected chi connectivity index (χ1v) is 7.88. The SMILES string of the molecule is O=C(c1ccc(F)cc1)c1ccccc1C(=O)N1CCC(C(=O)O)C1. The zero-order chi connectivity index (χ0) is 18.0. The molecule has 1 atom stereocenters. The Balaban J connectivity index is 1.88. The number of halogens is 1. The number of nitrogens with zero attached hydrogens (tertiary/aromatic N) is 1. The minimum Gasteiger partial charge on any atom is -0.481 e. The predicted molar refractivity (Wildman–Crippen MR) is 87.9 cm³/mol. The average molecular weight is 341 g/mol. The lowest BCUT2D eigenvalue weighted by Gasteiger charge is -2.17. The molecular weight excluding hydrogens is 325 g/mol. The van der Waals surface area contributed by atoms with E-state index in [2.05, 4.69) is 0 Å². The Morgan fingerprint density at radius 2 is 1.64 bits per heavy atom. The third-order valence-corrected chi connectivity index (χ3v) is 4.33. The number of ketones is 1. The standard InChI is InChI=1S/C19H16FNO4/c20-14-7-5-12(6-8-14)17(22)15-3-1-2-4-16(15)18(23)21-10-9-13(11-21)19(24)25/h1-8,13H,9-11H2,(H,24,25). The summed E-state index contributed by atoms with van der Waals surface area (Å²) in [6.07, 6.45) is 0.398. The second-order valence-corrected chi connectivity index (χ2v) is 5.96. The molecule has 25 heavy (non-hydrogen) atoms. The summed E-state index contributed by atoms with van der Waals surface area (Å²) in [5.41, 5.74) is 0.729. The van der Waals surface area contributed by atoms with E-state index in [9.17, 15) is 18.8 Å². The highest BCUT2D eigenvalue weighted by atomic mass is 19.1. The van der Waals surface area contributed by atoms with E-state index in [1.807, 2.05) is 0 Å². The van der Waals surface area contributed by atoms with Crippen LogP contribution in [-0.4, -0.2) is 40.8 Å². The Morgan fingerprint density at radius 1 is 1.00 bits per heavy atom. The van der Waals surface area contributed by atoms with Crippen LogP contribution >= 0.6 is 0 Å². The number of hydrogen-bond donors (Lipinski definition) is 1. The van der Waals surface area contributed by atoms with Gasteiger partial charge in [-0.15, -0.1) is 0 Å². The van der Waals surface area contributed by atoms with Gasteiger partial charge in [0.1, 0.15) is 5.82 Å². The van der Waals surface area contributed by atoms with Gasteiger partial charge in [0, 0.05) is 24.2 Å². The monoisotopic (exact) mass is 341 g/mol. The molecule has 0 aromatic heterocycles. The molecular formula is C19H16FNO4. The van der Waals surface area contributed by atoms with Crippen molar-refractivity contribution in [2.24, 2.45) is 5.92 Å². The molecule has 0 radical (unpaired) electrons. The number of carboxylic acids is 1. The van der Waals surface area contributed by atoms with Gasteiger partial charge in [0.05, 0.1) is 11.5 Å². The quantitative estimate of drug-likeness (QED) is 0.868. The molecule has 0 saturated carbocycles. The molecule has 1 N–H and O–H groups in total. The van der Waals surface area contributed by atoms with E-state index in [-0.39, 0.29) is 34.9 Å². The van der Waals surface area contributed by atoms with Crippen molar-refractivity contribution in [1.29, 1.82) is 0 Å². The first kappa shape index (κ1) is 16.8. The molecule has 128 valence electrons. The van der Waals surface area contributed by atoms with Crippen molar-refractivity contribution in [1.82, 2.24) is 4.90 Å². The van der Waals surface area contributed by atoms with Crippen LogP contribution in [0.25, 0.3) is 0 Å². The van der Waals surface area contributed by atoms with Crippen molar-refractivity contribution in [2.45, 2.75) is 6.42 Å². The Morgan fingerprint density at radius 3 is 2.24 bits per heavy atom. The average Bonchev–Trinajstić information content (AvgIpc) is 3.11. The van der Waals surface area contributed by atoms with E-state index in [0.29, 0.717) is 13.0 Å². The van der Waals surface area contributed by atoms with Crippen molar-refractivity contribution in [2.75, 3.05) is 13.1 Å². The van der Waals surface area contributed by atoms with Gasteiger partial charge in [0.15, 0.2) is 5.78 Å². The molecule has 6 heteroatoms. The Hall–Kier alpha value is -3.02. The second-order valence-electron chi connectivity index (χ2n) is 5.96. The van der Waals surface area contributed by atoms with Crippen LogP contribution in [0.1, 0.15) is 32.7 Å². The van der Waals surface area contributed by atoms with E-state index in [1.54, 1.807) is 24.3 Å². The fraction of sp³-hybridized carbons (Fsp3) is 0.211. The molecule has 0 spiro atoms. The van der Waals surface area contributed by atoms with Gasteiger partial charge in [-0.3, -0.25) is 14.4 Å². The van der Waals surface area contributed by atoms with Gasteiger partial charge in [-0.2, -0.15) is 0 Å². The summed E-state index contributed by atoms with van der Waals surface area (Å²) < 4.78 is 13.0. The van der Waals surface area contributed by atoms with Crippen molar-refractivity contribution in [3.05, 3.63) is 71.0 Å². The molecule has 1 heterocycles. The summed E-state index contributed by atoms with van der Waals surface area (Å²) in [6.45, 7) is 0.474. The van der Waals surface area contributed by atoms with E-state index in [0.717, 1.165) is 0 Å². The summed E-state index contributed by atoms with van der Waals surface area (Å²) in [5.74, 6) is -2.69. The molecule has 1 unspecified atom stereocenters. The third kappa shape index (κ3) is 3.42. The van der Waals surface area contributed by atoms with Crippen LogP contribution < -0.4 is 0 Å². The number of benzene rings is 2. The van der Waals surface area contributed by atoms with Crippen molar-refractivity contribution >= 4 is 17.7 Å². The second kappa shape index (κ2) is 6.84. The molecule has 2 aromatic carbocycles. The Labute approximate surface area is 143 Å². The maximum absolute atomic E-state index is 13.0. The molecule has 1 fully saturated rings. The molecule has 1 aliphatic heterocycles. The van der Waals surface area contributed by atoms with Gasteiger partial charge in [-0.05, 0) is 36.8 Å². The van der Waals surface area contributed by atoms with Gasteiger partial charge in [-0.25, -0.2) is 4.39 Å². The molecule has 1 saturated heterocycles. The Bertz CT molecular complexity index is 832. The Kier molecular flexibility index (Phi) is 4.61. The lowest BCUT2D eigenvalue weighted by atomic mass is 9.97. The number of carboxylic acid groups (broad SMARTS) is 1. The minimum atomic E-state index is -0.925. The van der Waals surface area contributed by atoms with Gasteiger partial charge in [-0.1, -0.05) is 18.2 Å². The van der Waals surface area contributed by atoms with Crippen LogP contribution in [-0.2, 0) is 4.79 Å². The van der Waals surface area contributed by atoms with E-state index >= 15 is 0 Å². The zero-order valence-electron chi connectivity index (χ0n) is 13.3.